The van der Waals surface area contributed by atoms with Gasteiger partial charge in [0.2, 0.25) is 0 Å². The highest BCUT2D eigenvalue weighted by Gasteiger charge is 2.45. The number of aliphatic hydroxyl groups is 2. The first-order valence-electron chi connectivity index (χ1n) is 9.39. The molecule has 4 unspecified atom stereocenters. The number of nitrogens with two attached hydrogens (primary N) is 1. The second kappa shape index (κ2) is 9.28. The van der Waals surface area contributed by atoms with Crippen molar-refractivity contribution in [3.05, 3.63) is 12.7 Å². The van der Waals surface area contributed by atoms with Crippen LogP contribution in [0.5, 0.6) is 0 Å². The van der Waals surface area contributed by atoms with Crippen molar-refractivity contribution in [2.75, 3.05) is 12.3 Å². The van der Waals surface area contributed by atoms with Crippen molar-refractivity contribution in [1.82, 2.24) is 19.5 Å². The van der Waals surface area contributed by atoms with E-state index in [1.807, 2.05) is 0 Å². The van der Waals surface area contributed by atoms with Gasteiger partial charge >= 0.3 is 0 Å². The third-order valence-electron chi connectivity index (χ3n) is 4.62. The molecule has 3 rings (SSSR count). The van der Waals surface area contributed by atoms with Crippen molar-refractivity contribution in [3.8, 4) is 0 Å². The molecule has 20 heteroatoms. The van der Waals surface area contributed by atoms with E-state index in [2.05, 4.69) is 28.1 Å². The molecule has 7 atom stereocenters. The highest BCUT2D eigenvalue weighted by atomic mass is 31.3. The van der Waals surface area contributed by atoms with Crippen LogP contribution in [-0.2, 0) is 31.6 Å². The maximum absolute atomic E-state index is 11.9. The highest BCUT2D eigenvalue weighted by Crippen LogP contribution is 2.66. The lowest BCUT2D eigenvalue weighted by Gasteiger charge is -2.40. The Labute approximate surface area is 192 Å². The predicted molar refractivity (Wildman–Crippen MR) is 106 cm³/mol. The lowest BCUT2D eigenvalue weighted by molar-refractivity contribution is -0.247. The van der Waals surface area contributed by atoms with E-state index in [1.54, 1.807) is 0 Å². The Morgan fingerprint density at radius 1 is 1.09 bits per heavy atom. The van der Waals surface area contributed by atoms with Crippen LogP contribution in [0.2, 0.25) is 0 Å². The van der Waals surface area contributed by atoms with Gasteiger partial charge in [0, 0.05) is 5.16 Å². The fraction of sp³-hybridized carbons (Fsp3) is 0.643. The van der Waals surface area contributed by atoms with Crippen molar-refractivity contribution >= 4 is 40.2 Å². The van der Waals surface area contributed by atoms with Gasteiger partial charge < -0.3 is 44.5 Å². The number of fused-ring (bicyclic) bond motifs is 1. The number of aromatic nitrogens is 4. The summed E-state index contributed by atoms with van der Waals surface area (Å²) in [6, 6.07) is 0. The summed E-state index contributed by atoms with van der Waals surface area (Å²) in [6.45, 7) is 2.36. The maximum atomic E-state index is 11.9. The molecule has 0 bridgehead atoms. The van der Waals surface area contributed by atoms with Crippen molar-refractivity contribution in [1.29, 1.82) is 0 Å². The van der Waals surface area contributed by atoms with E-state index in [-0.39, 0.29) is 17.0 Å². The van der Waals surface area contributed by atoms with Crippen molar-refractivity contribution in [3.63, 3.8) is 0 Å². The van der Waals surface area contributed by atoms with E-state index in [4.69, 9.17) is 10.5 Å². The number of nitrogens with zero attached hydrogens (tertiary/aromatic N) is 4. The Kier molecular flexibility index (Phi) is 7.44. The summed E-state index contributed by atoms with van der Waals surface area (Å²) in [4.78, 5) is 47.3. The van der Waals surface area contributed by atoms with E-state index in [9.17, 15) is 38.6 Å². The molecule has 1 saturated heterocycles. The molecular weight excluding hydrogens is 523 g/mol. The van der Waals surface area contributed by atoms with E-state index in [1.165, 1.54) is 10.9 Å². The third kappa shape index (κ3) is 5.73. The van der Waals surface area contributed by atoms with Gasteiger partial charge in [0.25, 0.3) is 15.6 Å². The predicted octanol–water partition coefficient (Wildman–Crippen LogP) is -1.63. The molecule has 4 N–H and O–H groups in total. The minimum absolute atomic E-state index is 0.0412. The van der Waals surface area contributed by atoms with Gasteiger partial charge in [-0.3, -0.25) is 18.0 Å². The minimum atomic E-state index is -5.92. The maximum Gasteiger partial charge on any atom is 0.279 e. The fourth-order valence-electron chi connectivity index (χ4n) is 2.73. The number of hydrogen-bond acceptors (Lipinski definition) is 16. The van der Waals surface area contributed by atoms with Crippen LogP contribution in [0.15, 0.2) is 12.7 Å². The van der Waals surface area contributed by atoms with Gasteiger partial charge in [0.15, 0.2) is 17.7 Å². The zero-order valence-corrected chi connectivity index (χ0v) is 20.5. The van der Waals surface area contributed by atoms with Crippen molar-refractivity contribution < 1.29 is 56.5 Å². The first-order valence-corrected chi connectivity index (χ1v) is 13.9. The number of phosphoric ester groups is 1. The molecule has 192 valence electrons. The molecular formula is C14H21N5O12P3-3. The topological polar surface area (TPSA) is 267 Å². The Hall–Kier alpha value is -1.32. The molecule has 0 radical (unpaired) electrons. The molecule has 3 heterocycles. The van der Waals surface area contributed by atoms with Crippen LogP contribution in [0.1, 0.15) is 27.0 Å². The number of imidazole rings is 1. The van der Waals surface area contributed by atoms with Gasteiger partial charge in [-0.05, 0) is 0 Å². The summed E-state index contributed by atoms with van der Waals surface area (Å²) in [5.41, 5.74) is 6.02. The first-order chi connectivity index (χ1) is 15.4. The molecule has 0 saturated carbocycles. The molecule has 0 spiro atoms. The smallest absolute Gasteiger partial charge is 0.279 e. The quantitative estimate of drug-likeness (QED) is 0.315. The molecule has 2 aromatic heterocycles. The molecule has 0 aliphatic carbocycles. The summed E-state index contributed by atoms with van der Waals surface area (Å²) >= 11 is 0. The number of aliphatic hydroxyl groups excluding tert-OH is 2. The first kappa shape index (κ1) is 27.3. The number of nitrogen functional groups attached to an aromatic ring is 1. The van der Waals surface area contributed by atoms with Crippen LogP contribution in [0.3, 0.4) is 0 Å². The van der Waals surface area contributed by atoms with Crippen LogP contribution in [0.25, 0.3) is 11.2 Å². The monoisotopic (exact) mass is 544 g/mol. The van der Waals surface area contributed by atoms with Gasteiger partial charge in [-0.15, -0.1) is 0 Å². The fourth-order valence-corrected chi connectivity index (χ4v) is 6.65. The Bertz CT molecular complexity index is 1200. The van der Waals surface area contributed by atoms with E-state index >= 15 is 0 Å². The second-order valence-corrected chi connectivity index (χ2v) is 13.8. The lowest BCUT2D eigenvalue weighted by Crippen LogP contribution is -2.34. The van der Waals surface area contributed by atoms with Gasteiger partial charge in [0.1, 0.15) is 37.8 Å². The van der Waals surface area contributed by atoms with Gasteiger partial charge in [-0.1, -0.05) is 20.8 Å². The summed E-state index contributed by atoms with van der Waals surface area (Å²) in [5, 5.41) is 18.9. The lowest BCUT2D eigenvalue weighted by atomic mass is 10.1. The number of anilines is 1. The molecule has 0 amide bonds. The Balaban J connectivity index is 1.68. The normalized spacial score (nSPS) is 28.9. The molecule has 1 fully saturated rings. The molecule has 1 aliphatic rings. The minimum Gasteiger partial charge on any atom is -0.778 e. The number of hydrogen-bond donors (Lipinski definition) is 3. The summed E-state index contributed by atoms with van der Waals surface area (Å²) in [7, 11) is -16.7. The largest absolute Gasteiger partial charge is 0.778 e. The zero-order valence-electron chi connectivity index (χ0n) is 17.9. The standard InChI is InChI=1S/C14H24N5O12P3/c1-14(2,3)32(22,23)30-34(26,27)31-33(24,25)28-4-7-9(20)10(21)13(29-7)19-6-18-8-11(15)16-5-17-12(8)19/h5-7,9-10,13,20-21H,4H2,1-3H3,(H,22,23)(H,24,25)(H,26,27)(H2,15,16,17)/p-3/t7-,9+,10?,13-/m1/s1. The zero-order chi connectivity index (χ0) is 25.7. The number of rotatable bonds is 8. The number of phosphoric acid groups is 2. The molecule has 17 nitrogen and oxygen atoms in total. The summed E-state index contributed by atoms with van der Waals surface area (Å²) < 4.78 is 54.4. The average Bonchev–Trinajstić information content (AvgIpc) is 3.20. The van der Waals surface area contributed by atoms with Crippen LogP contribution in [-0.4, -0.2) is 59.8 Å². The Morgan fingerprint density at radius 3 is 2.35 bits per heavy atom. The van der Waals surface area contributed by atoms with Crippen LogP contribution >= 0.6 is 23.2 Å². The average molecular weight is 544 g/mol. The summed E-state index contributed by atoms with van der Waals surface area (Å²) in [5.74, 6) is 0.0412. The van der Waals surface area contributed by atoms with Gasteiger partial charge in [-0.25, -0.2) is 19.3 Å². The van der Waals surface area contributed by atoms with Gasteiger partial charge in [0.05, 0.1) is 12.9 Å². The number of ether oxygens (including phenoxy) is 1. The van der Waals surface area contributed by atoms with Gasteiger partial charge in [-0.2, -0.15) is 0 Å². The van der Waals surface area contributed by atoms with E-state index in [0.717, 1.165) is 27.1 Å². The van der Waals surface area contributed by atoms with Crippen molar-refractivity contribution in [2.45, 2.75) is 50.5 Å². The molecule has 34 heavy (non-hydrogen) atoms. The third-order valence-corrected chi connectivity index (χ3v) is 9.99. The molecule has 1 aliphatic heterocycles. The highest BCUT2D eigenvalue weighted by molar-refractivity contribution is 7.67. The Morgan fingerprint density at radius 2 is 1.74 bits per heavy atom. The second-order valence-electron chi connectivity index (χ2n) is 8.15. The van der Waals surface area contributed by atoms with Crippen LogP contribution in [0, 0.1) is 0 Å². The van der Waals surface area contributed by atoms with Crippen LogP contribution < -0.4 is 20.4 Å². The SMILES string of the molecule is CC(C)(C)P(=O)([O-])OP(=O)([O-])OP(=O)([O-])OC[C@H]1O[C@@H](n2cnc3c(N)ncnc32)C(O)[C@H]1O. The summed E-state index contributed by atoms with van der Waals surface area (Å²) in [6.07, 6.45) is -3.77. The molecule has 0 aromatic carbocycles. The van der Waals surface area contributed by atoms with Crippen molar-refractivity contribution in [2.24, 2.45) is 0 Å². The van der Waals surface area contributed by atoms with Crippen LogP contribution in [0.4, 0.5) is 5.82 Å². The molecule has 2 aromatic rings. The van der Waals surface area contributed by atoms with E-state index < -0.39 is 59.5 Å². The van der Waals surface area contributed by atoms with E-state index in [0.29, 0.717) is 0 Å².